The van der Waals surface area contributed by atoms with Crippen molar-refractivity contribution in [2.24, 2.45) is 0 Å². The SMILES string of the molecule is O=S(=O)(C1CC1)N1CCC(c2cncc3cnc4[nH]ccc4c23)C1. The molecule has 2 aliphatic rings. The highest BCUT2D eigenvalue weighted by molar-refractivity contribution is 7.90. The van der Waals surface area contributed by atoms with E-state index in [1.165, 1.54) is 0 Å². The summed E-state index contributed by atoms with van der Waals surface area (Å²) in [7, 11) is -3.10. The van der Waals surface area contributed by atoms with Crippen molar-refractivity contribution in [3.8, 4) is 0 Å². The third-order valence-electron chi connectivity index (χ3n) is 5.23. The number of nitrogens with one attached hydrogen (secondary N) is 1. The van der Waals surface area contributed by atoms with Gasteiger partial charge in [0.25, 0.3) is 0 Å². The predicted molar refractivity (Wildman–Crippen MR) is 92.3 cm³/mol. The molecule has 4 heterocycles. The van der Waals surface area contributed by atoms with Crippen molar-refractivity contribution in [3.63, 3.8) is 0 Å². The molecular formula is C17H18N4O2S. The van der Waals surface area contributed by atoms with Gasteiger partial charge in [-0.2, -0.15) is 0 Å². The second-order valence-electron chi connectivity index (χ2n) is 6.78. The van der Waals surface area contributed by atoms with Crippen LogP contribution in [0.15, 0.2) is 30.9 Å². The minimum absolute atomic E-state index is 0.137. The molecule has 7 heteroatoms. The van der Waals surface area contributed by atoms with Crippen LogP contribution in [0.2, 0.25) is 0 Å². The predicted octanol–water partition coefficient (Wildman–Crippen LogP) is 2.39. The van der Waals surface area contributed by atoms with E-state index in [0.29, 0.717) is 13.1 Å². The molecule has 1 saturated carbocycles. The monoisotopic (exact) mass is 342 g/mol. The van der Waals surface area contributed by atoms with Crippen molar-refractivity contribution in [3.05, 3.63) is 36.4 Å². The standard InChI is InChI=1S/C17H18N4O2S/c22-24(23,13-1-2-13)21-6-4-11(10-21)15-9-18-7-12-8-20-17-14(16(12)15)3-5-19-17/h3,5,7-9,11,13H,1-2,4,6,10H2,(H,19,20). The first-order valence-electron chi connectivity index (χ1n) is 8.33. The van der Waals surface area contributed by atoms with Crippen LogP contribution in [-0.4, -0.2) is 46.0 Å². The smallest absolute Gasteiger partial charge is 0.217 e. The summed E-state index contributed by atoms with van der Waals surface area (Å²) in [6.07, 6.45) is 9.92. The summed E-state index contributed by atoms with van der Waals surface area (Å²) in [5, 5.41) is 3.09. The van der Waals surface area contributed by atoms with Crippen LogP contribution in [0.5, 0.6) is 0 Å². The molecule has 1 N–H and O–H groups in total. The van der Waals surface area contributed by atoms with E-state index >= 15 is 0 Å². The van der Waals surface area contributed by atoms with Gasteiger partial charge in [0.15, 0.2) is 0 Å². The van der Waals surface area contributed by atoms with Crippen molar-refractivity contribution < 1.29 is 8.42 Å². The summed E-state index contributed by atoms with van der Waals surface area (Å²) in [4.78, 5) is 11.9. The number of aromatic nitrogens is 3. The van der Waals surface area contributed by atoms with Crippen LogP contribution in [0.4, 0.5) is 0 Å². The summed E-state index contributed by atoms with van der Waals surface area (Å²) in [5.74, 6) is 0.190. The van der Waals surface area contributed by atoms with Gasteiger partial charge in [0, 0.05) is 60.0 Å². The highest BCUT2D eigenvalue weighted by atomic mass is 32.2. The van der Waals surface area contributed by atoms with Crippen LogP contribution in [0.1, 0.15) is 30.7 Å². The molecule has 24 heavy (non-hydrogen) atoms. The zero-order valence-electron chi connectivity index (χ0n) is 13.1. The Morgan fingerprint density at radius 2 is 2.04 bits per heavy atom. The second kappa shape index (κ2) is 5.00. The third kappa shape index (κ3) is 2.08. The molecule has 0 spiro atoms. The molecule has 124 valence electrons. The van der Waals surface area contributed by atoms with E-state index in [-0.39, 0.29) is 11.2 Å². The van der Waals surface area contributed by atoms with E-state index in [1.54, 1.807) is 4.31 Å². The topological polar surface area (TPSA) is 79.0 Å². The molecular weight excluding hydrogens is 324 g/mol. The number of nitrogens with zero attached hydrogens (tertiary/aromatic N) is 3. The van der Waals surface area contributed by atoms with Crippen LogP contribution in [0.3, 0.4) is 0 Å². The average Bonchev–Trinajstić information content (AvgIpc) is 3.15. The van der Waals surface area contributed by atoms with E-state index in [9.17, 15) is 8.42 Å². The van der Waals surface area contributed by atoms with E-state index in [2.05, 4.69) is 15.0 Å². The lowest BCUT2D eigenvalue weighted by Crippen LogP contribution is -2.31. The van der Waals surface area contributed by atoms with Crippen molar-refractivity contribution in [1.82, 2.24) is 19.3 Å². The summed E-state index contributed by atoms with van der Waals surface area (Å²) in [6, 6.07) is 2.03. The van der Waals surface area contributed by atoms with Gasteiger partial charge in [-0.3, -0.25) is 4.98 Å². The van der Waals surface area contributed by atoms with Crippen LogP contribution < -0.4 is 0 Å². The number of fused-ring (bicyclic) bond motifs is 3. The normalized spacial score (nSPS) is 22.6. The number of aromatic amines is 1. The Morgan fingerprint density at radius 3 is 2.88 bits per heavy atom. The Bertz CT molecular complexity index is 1040. The maximum absolute atomic E-state index is 12.5. The molecule has 1 unspecified atom stereocenters. The average molecular weight is 342 g/mol. The van der Waals surface area contributed by atoms with E-state index in [0.717, 1.165) is 46.6 Å². The van der Waals surface area contributed by atoms with Crippen molar-refractivity contribution in [1.29, 1.82) is 0 Å². The second-order valence-corrected chi connectivity index (χ2v) is 8.99. The molecule has 2 fully saturated rings. The first-order valence-corrected chi connectivity index (χ1v) is 9.83. The lowest BCUT2D eigenvalue weighted by atomic mass is 9.94. The van der Waals surface area contributed by atoms with Gasteiger partial charge in [-0.25, -0.2) is 17.7 Å². The first kappa shape index (κ1) is 14.4. The fourth-order valence-corrected chi connectivity index (χ4v) is 5.71. The number of hydrogen-bond acceptors (Lipinski definition) is 4. The molecule has 0 aromatic carbocycles. The fourth-order valence-electron chi connectivity index (χ4n) is 3.81. The molecule has 3 aromatic rings. The third-order valence-corrected chi connectivity index (χ3v) is 7.59. The summed E-state index contributed by atoms with van der Waals surface area (Å²) in [6.45, 7) is 1.18. The maximum Gasteiger partial charge on any atom is 0.217 e. The van der Waals surface area contributed by atoms with Gasteiger partial charge in [-0.05, 0) is 30.9 Å². The minimum atomic E-state index is -3.10. The fraction of sp³-hybridized carbons (Fsp3) is 0.412. The van der Waals surface area contributed by atoms with Gasteiger partial charge in [0.2, 0.25) is 10.0 Å². The van der Waals surface area contributed by atoms with Crippen LogP contribution in [0, 0.1) is 0 Å². The Balaban J connectivity index is 1.59. The molecule has 0 amide bonds. The highest BCUT2D eigenvalue weighted by Crippen LogP contribution is 2.39. The van der Waals surface area contributed by atoms with E-state index in [4.69, 9.17) is 0 Å². The van der Waals surface area contributed by atoms with Gasteiger partial charge >= 0.3 is 0 Å². The van der Waals surface area contributed by atoms with Gasteiger partial charge in [-0.1, -0.05) is 0 Å². The van der Waals surface area contributed by atoms with Gasteiger partial charge in [0.1, 0.15) is 5.65 Å². The number of hydrogen-bond donors (Lipinski definition) is 1. The Kier molecular flexibility index (Phi) is 2.99. The van der Waals surface area contributed by atoms with Crippen molar-refractivity contribution in [2.45, 2.75) is 30.4 Å². The number of sulfonamides is 1. The van der Waals surface area contributed by atoms with E-state index in [1.807, 2.05) is 30.9 Å². The quantitative estimate of drug-likeness (QED) is 0.793. The zero-order valence-corrected chi connectivity index (χ0v) is 14.0. The highest BCUT2D eigenvalue weighted by Gasteiger charge is 2.43. The Labute approximate surface area is 140 Å². The molecule has 1 aliphatic carbocycles. The molecule has 0 radical (unpaired) electrons. The van der Waals surface area contributed by atoms with Crippen molar-refractivity contribution >= 4 is 31.8 Å². The Morgan fingerprint density at radius 1 is 1.17 bits per heavy atom. The summed E-state index contributed by atoms with van der Waals surface area (Å²) < 4.78 is 26.7. The van der Waals surface area contributed by atoms with Gasteiger partial charge < -0.3 is 4.98 Å². The lowest BCUT2D eigenvalue weighted by molar-refractivity contribution is 0.471. The molecule has 6 nitrogen and oxygen atoms in total. The van der Waals surface area contributed by atoms with Crippen LogP contribution >= 0.6 is 0 Å². The molecule has 0 bridgehead atoms. The molecule has 1 aliphatic heterocycles. The Hall–Kier alpha value is -1.99. The lowest BCUT2D eigenvalue weighted by Gasteiger charge is -2.17. The molecule has 5 rings (SSSR count). The van der Waals surface area contributed by atoms with Crippen LogP contribution in [0.25, 0.3) is 21.8 Å². The molecule has 1 atom stereocenters. The first-order chi connectivity index (χ1) is 11.6. The number of rotatable bonds is 3. The van der Waals surface area contributed by atoms with Crippen LogP contribution in [-0.2, 0) is 10.0 Å². The summed E-state index contributed by atoms with van der Waals surface area (Å²) >= 11 is 0. The molecule has 3 aromatic heterocycles. The maximum atomic E-state index is 12.5. The number of H-pyrrole nitrogens is 1. The largest absolute Gasteiger partial charge is 0.346 e. The number of pyridine rings is 2. The van der Waals surface area contributed by atoms with E-state index < -0.39 is 10.0 Å². The molecule has 1 saturated heterocycles. The van der Waals surface area contributed by atoms with Gasteiger partial charge in [0.05, 0.1) is 5.25 Å². The summed E-state index contributed by atoms with van der Waals surface area (Å²) in [5.41, 5.74) is 1.99. The minimum Gasteiger partial charge on any atom is -0.346 e. The van der Waals surface area contributed by atoms with Gasteiger partial charge in [-0.15, -0.1) is 0 Å². The zero-order chi connectivity index (χ0) is 16.3. The van der Waals surface area contributed by atoms with Crippen molar-refractivity contribution in [2.75, 3.05) is 13.1 Å².